The number of nitrogens with one attached hydrogen (secondary N) is 1. The lowest BCUT2D eigenvalue weighted by Crippen LogP contribution is -2.17. The van der Waals surface area contributed by atoms with Gasteiger partial charge in [0.05, 0.1) is 6.04 Å². The van der Waals surface area contributed by atoms with Gasteiger partial charge in [-0.15, -0.1) is 11.3 Å². The molecule has 1 N–H and O–H groups in total. The van der Waals surface area contributed by atoms with Gasteiger partial charge in [0.2, 0.25) is 0 Å². The smallest absolute Gasteiger partial charge is 0.123 e. The van der Waals surface area contributed by atoms with Crippen LogP contribution in [0.2, 0.25) is 0 Å². The van der Waals surface area contributed by atoms with Gasteiger partial charge in [-0.25, -0.2) is 9.37 Å². The first-order valence-electron chi connectivity index (χ1n) is 5.13. The predicted molar refractivity (Wildman–Crippen MR) is 63.8 cm³/mol. The molecule has 1 aromatic carbocycles. The van der Waals surface area contributed by atoms with Crippen LogP contribution in [0.25, 0.3) is 0 Å². The lowest BCUT2D eigenvalue weighted by atomic mass is 10.2. The standard InChI is InChI=1S/C12H13FN2S/c1-9(12-14-6-7-16-12)15-8-10-2-4-11(13)5-3-10/h2-7,9,15H,8H2,1H3. The number of halogens is 1. The quantitative estimate of drug-likeness (QED) is 0.882. The van der Waals surface area contributed by atoms with Crippen LogP contribution in [0.4, 0.5) is 4.39 Å². The molecule has 0 spiro atoms. The Balaban J connectivity index is 1.90. The predicted octanol–water partition coefficient (Wildman–Crippen LogP) is 3.13. The third kappa shape index (κ3) is 2.87. The highest BCUT2D eigenvalue weighted by Crippen LogP contribution is 2.15. The zero-order valence-electron chi connectivity index (χ0n) is 8.98. The van der Waals surface area contributed by atoms with Crippen molar-refractivity contribution in [2.24, 2.45) is 0 Å². The Bertz CT molecular complexity index is 425. The van der Waals surface area contributed by atoms with Crippen molar-refractivity contribution < 1.29 is 4.39 Å². The van der Waals surface area contributed by atoms with Crippen molar-refractivity contribution >= 4 is 11.3 Å². The maximum absolute atomic E-state index is 12.7. The summed E-state index contributed by atoms with van der Waals surface area (Å²) in [7, 11) is 0. The van der Waals surface area contributed by atoms with Crippen LogP contribution in [0, 0.1) is 5.82 Å². The van der Waals surface area contributed by atoms with E-state index in [0.29, 0.717) is 0 Å². The second-order valence-electron chi connectivity index (χ2n) is 3.60. The molecule has 2 aromatic rings. The molecular formula is C12H13FN2S. The van der Waals surface area contributed by atoms with Crippen molar-refractivity contribution in [2.45, 2.75) is 19.5 Å². The zero-order valence-corrected chi connectivity index (χ0v) is 9.80. The number of benzene rings is 1. The molecule has 1 unspecified atom stereocenters. The summed E-state index contributed by atoms with van der Waals surface area (Å²) in [6, 6.07) is 6.76. The first-order chi connectivity index (χ1) is 7.75. The fourth-order valence-corrected chi connectivity index (χ4v) is 2.08. The van der Waals surface area contributed by atoms with Crippen molar-refractivity contribution in [2.75, 3.05) is 0 Å². The molecule has 0 aliphatic carbocycles. The first kappa shape index (κ1) is 11.2. The van der Waals surface area contributed by atoms with Gasteiger partial charge in [0, 0.05) is 18.1 Å². The van der Waals surface area contributed by atoms with Crippen molar-refractivity contribution in [3.8, 4) is 0 Å². The molecule has 0 aliphatic heterocycles. The Labute approximate surface area is 98.2 Å². The van der Waals surface area contributed by atoms with Crippen LogP contribution >= 0.6 is 11.3 Å². The average Bonchev–Trinajstić information content (AvgIpc) is 2.81. The van der Waals surface area contributed by atoms with E-state index in [2.05, 4.69) is 17.2 Å². The van der Waals surface area contributed by atoms with Crippen molar-refractivity contribution in [1.82, 2.24) is 10.3 Å². The van der Waals surface area contributed by atoms with E-state index in [9.17, 15) is 4.39 Å². The fourth-order valence-electron chi connectivity index (χ4n) is 1.41. The van der Waals surface area contributed by atoms with E-state index in [-0.39, 0.29) is 11.9 Å². The lowest BCUT2D eigenvalue weighted by molar-refractivity contribution is 0.570. The molecule has 2 rings (SSSR count). The van der Waals surface area contributed by atoms with Crippen LogP contribution in [0.3, 0.4) is 0 Å². The van der Waals surface area contributed by atoms with Gasteiger partial charge in [-0.3, -0.25) is 0 Å². The highest BCUT2D eigenvalue weighted by Gasteiger charge is 2.06. The van der Waals surface area contributed by atoms with Gasteiger partial charge < -0.3 is 5.32 Å². The summed E-state index contributed by atoms with van der Waals surface area (Å²) >= 11 is 1.64. The van der Waals surface area contributed by atoms with Gasteiger partial charge in [-0.1, -0.05) is 12.1 Å². The molecule has 84 valence electrons. The molecule has 16 heavy (non-hydrogen) atoms. The first-order valence-corrected chi connectivity index (χ1v) is 6.01. The summed E-state index contributed by atoms with van der Waals surface area (Å²) in [5.41, 5.74) is 1.07. The Hall–Kier alpha value is -1.26. The van der Waals surface area contributed by atoms with Gasteiger partial charge in [0.25, 0.3) is 0 Å². The number of hydrogen-bond acceptors (Lipinski definition) is 3. The minimum absolute atomic E-state index is 0.197. The van der Waals surface area contributed by atoms with Crippen molar-refractivity contribution in [1.29, 1.82) is 0 Å². The number of hydrogen-bond donors (Lipinski definition) is 1. The second kappa shape index (κ2) is 5.18. The molecule has 0 saturated carbocycles. The summed E-state index contributed by atoms with van der Waals surface area (Å²) in [6.45, 7) is 2.80. The molecule has 0 saturated heterocycles. The van der Waals surface area contributed by atoms with Gasteiger partial charge in [-0.05, 0) is 24.6 Å². The normalized spacial score (nSPS) is 12.6. The van der Waals surface area contributed by atoms with E-state index < -0.39 is 0 Å². The van der Waals surface area contributed by atoms with Crippen LogP contribution in [0.1, 0.15) is 23.5 Å². The summed E-state index contributed by atoms with van der Waals surface area (Å²) in [4.78, 5) is 4.24. The van der Waals surface area contributed by atoms with Crippen LogP contribution in [-0.2, 0) is 6.54 Å². The Morgan fingerprint density at radius 1 is 1.38 bits per heavy atom. The number of rotatable bonds is 4. The van der Waals surface area contributed by atoms with Crippen LogP contribution in [0.15, 0.2) is 35.8 Å². The SMILES string of the molecule is CC(NCc1ccc(F)cc1)c1nccs1. The van der Waals surface area contributed by atoms with E-state index in [0.717, 1.165) is 17.1 Å². The van der Waals surface area contributed by atoms with Gasteiger partial charge in [0.15, 0.2) is 0 Å². The zero-order chi connectivity index (χ0) is 11.4. The highest BCUT2D eigenvalue weighted by atomic mass is 32.1. The van der Waals surface area contributed by atoms with E-state index in [1.54, 1.807) is 29.7 Å². The summed E-state index contributed by atoms with van der Waals surface area (Å²) < 4.78 is 12.7. The topological polar surface area (TPSA) is 24.9 Å². The Morgan fingerprint density at radius 2 is 2.12 bits per heavy atom. The minimum Gasteiger partial charge on any atom is -0.304 e. The molecule has 1 heterocycles. The fraction of sp³-hybridized carbons (Fsp3) is 0.250. The van der Waals surface area contributed by atoms with Crippen LogP contribution in [-0.4, -0.2) is 4.98 Å². The number of thiazole rings is 1. The molecule has 0 aliphatic rings. The molecule has 0 fully saturated rings. The van der Waals surface area contributed by atoms with E-state index in [4.69, 9.17) is 0 Å². The van der Waals surface area contributed by atoms with Gasteiger partial charge in [0.1, 0.15) is 10.8 Å². The average molecular weight is 236 g/mol. The van der Waals surface area contributed by atoms with Crippen molar-refractivity contribution in [3.05, 3.63) is 52.2 Å². The summed E-state index contributed by atoms with van der Waals surface area (Å²) in [6.07, 6.45) is 1.80. The lowest BCUT2D eigenvalue weighted by Gasteiger charge is -2.10. The van der Waals surface area contributed by atoms with Gasteiger partial charge >= 0.3 is 0 Å². The van der Waals surface area contributed by atoms with Crippen LogP contribution in [0.5, 0.6) is 0 Å². The molecule has 0 radical (unpaired) electrons. The van der Waals surface area contributed by atoms with E-state index >= 15 is 0 Å². The second-order valence-corrected chi connectivity index (χ2v) is 4.53. The largest absolute Gasteiger partial charge is 0.304 e. The molecule has 1 atom stereocenters. The van der Waals surface area contributed by atoms with Crippen molar-refractivity contribution in [3.63, 3.8) is 0 Å². The van der Waals surface area contributed by atoms with E-state index in [1.165, 1.54) is 12.1 Å². The minimum atomic E-state index is -0.197. The van der Waals surface area contributed by atoms with Gasteiger partial charge in [-0.2, -0.15) is 0 Å². The molecule has 0 amide bonds. The Morgan fingerprint density at radius 3 is 2.75 bits per heavy atom. The molecular weight excluding hydrogens is 223 g/mol. The molecule has 1 aromatic heterocycles. The summed E-state index contributed by atoms with van der Waals surface area (Å²) in [5.74, 6) is -0.197. The molecule has 0 bridgehead atoms. The monoisotopic (exact) mass is 236 g/mol. The molecule has 2 nitrogen and oxygen atoms in total. The Kier molecular flexibility index (Phi) is 3.64. The highest BCUT2D eigenvalue weighted by molar-refractivity contribution is 7.09. The third-order valence-electron chi connectivity index (χ3n) is 2.35. The van der Waals surface area contributed by atoms with Crippen LogP contribution < -0.4 is 5.32 Å². The third-order valence-corrected chi connectivity index (χ3v) is 3.31. The maximum atomic E-state index is 12.7. The maximum Gasteiger partial charge on any atom is 0.123 e. The van der Waals surface area contributed by atoms with E-state index in [1.807, 2.05) is 5.38 Å². The summed E-state index contributed by atoms with van der Waals surface area (Å²) in [5, 5.41) is 6.38. The molecule has 4 heteroatoms. The number of nitrogens with zero attached hydrogens (tertiary/aromatic N) is 1. The number of aromatic nitrogens is 1.